The first-order valence-electron chi connectivity index (χ1n) is 6.16. The van der Waals surface area contributed by atoms with Gasteiger partial charge in [0.25, 0.3) is 5.69 Å². The molecule has 0 aliphatic carbocycles. The molecule has 1 atom stereocenters. The van der Waals surface area contributed by atoms with Gasteiger partial charge in [0.05, 0.1) is 11.5 Å². The molecule has 0 saturated heterocycles. The zero-order valence-electron chi connectivity index (χ0n) is 10.9. The van der Waals surface area contributed by atoms with Gasteiger partial charge in [-0.3, -0.25) is 14.9 Å². The molecule has 6 heteroatoms. The number of non-ortho nitro benzene ring substituents is 1. The molecule has 1 unspecified atom stereocenters. The van der Waals surface area contributed by atoms with Crippen LogP contribution in [0.5, 0.6) is 0 Å². The molecule has 0 saturated carbocycles. The third-order valence-electron chi connectivity index (χ3n) is 2.81. The number of nitro benzene ring substituents is 1. The molecule has 0 N–H and O–H groups in total. The largest absolute Gasteiger partial charge is 0.354 e. The topological polar surface area (TPSA) is 69.4 Å². The second-order valence-electron chi connectivity index (χ2n) is 4.28. The van der Waals surface area contributed by atoms with Gasteiger partial charge in [-0.25, -0.2) is 0 Å². The third kappa shape index (κ3) is 4.21. The van der Waals surface area contributed by atoms with Gasteiger partial charge < -0.3 is 4.74 Å². The molecule has 0 radical (unpaired) electrons. The van der Waals surface area contributed by atoms with E-state index in [9.17, 15) is 14.9 Å². The summed E-state index contributed by atoms with van der Waals surface area (Å²) in [4.78, 5) is 22.1. The highest BCUT2D eigenvalue weighted by atomic mass is 79.9. The van der Waals surface area contributed by atoms with Crippen LogP contribution >= 0.6 is 15.9 Å². The number of hydrogen-bond acceptors (Lipinski definition) is 4. The SMILES string of the molecule is O=C(c1ccccc1)C(Br)OCc1ccc([N+](=O)[O-])cc1. The predicted molar refractivity (Wildman–Crippen MR) is 81.4 cm³/mol. The van der Waals surface area contributed by atoms with Crippen molar-refractivity contribution in [1.82, 2.24) is 0 Å². The lowest BCUT2D eigenvalue weighted by atomic mass is 10.1. The van der Waals surface area contributed by atoms with E-state index >= 15 is 0 Å². The highest BCUT2D eigenvalue weighted by Crippen LogP contribution is 2.16. The molecule has 0 spiro atoms. The number of nitrogens with zero attached hydrogens (tertiary/aromatic N) is 1. The fraction of sp³-hybridized carbons (Fsp3) is 0.133. The average molecular weight is 350 g/mol. The monoisotopic (exact) mass is 349 g/mol. The van der Waals surface area contributed by atoms with Crippen LogP contribution in [0.2, 0.25) is 0 Å². The minimum absolute atomic E-state index is 0.0227. The summed E-state index contributed by atoms with van der Waals surface area (Å²) in [6.45, 7) is 0.187. The predicted octanol–water partition coefficient (Wildman–Crippen LogP) is 3.72. The Balaban J connectivity index is 1.93. The van der Waals surface area contributed by atoms with E-state index in [0.29, 0.717) is 5.56 Å². The highest BCUT2D eigenvalue weighted by Gasteiger charge is 2.17. The van der Waals surface area contributed by atoms with E-state index in [1.54, 1.807) is 36.4 Å². The summed E-state index contributed by atoms with van der Waals surface area (Å²) in [5.41, 5.74) is 1.34. The van der Waals surface area contributed by atoms with Crippen molar-refractivity contribution in [2.45, 2.75) is 11.6 Å². The van der Waals surface area contributed by atoms with Crippen LogP contribution in [0, 0.1) is 10.1 Å². The number of carbonyl (C=O) groups is 1. The number of rotatable bonds is 6. The summed E-state index contributed by atoms with van der Waals surface area (Å²) in [5.74, 6) is -0.169. The molecule has 0 heterocycles. The van der Waals surface area contributed by atoms with Gasteiger partial charge in [0.15, 0.2) is 5.01 Å². The first kappa shape index (κ1) is 15.3. The van der Waals surface area contributed by atoms with Gasteiger partial charge >= 0.3 is 0 Å². The zero-order valence-corrected chi connectivity index (χ0v) is 12.5. The Morgan fingerprint density at radius 1 is 1.14 bits per heavy atom. The van der Waals surface area contributed by atoms with Gasteiger partial charge in [-0.05, 0) is 33.6 Å². The lowest BCUT2D eigenvalue weighted by Gasteiger charge is -2.10. The van der Waals surface area contributed by atoms with Crippen molar-refractivity contribution in [3.8, 4) is 0 Å². The molecule has 0 bridgehead atoms. The van der Waals surface area contributed by atoms with Gasteiger partial charge in [-0.1, -0.05) is 30.3 Å². The van der Waals surface area contributed by atoms with Gasteiger partial charge in [0, 0.05) is 17.7 Å². The molecule has 0 aliphatic rings. The van der Waals surface area contributed by atoms with Crippen molar-refractivity contribution in [2.75, 3.05) is 0 Å². The molecule has 2 aromatic carbocycles. The van der Waals surface area contributed by atoms with Crippen LogP contribution in [0.15, 0.2) is 54.6 Å². The van der Waals surface area contributed by atoms with E-state index in [0.717, 1.165) is 5.56 Å². The quantitative estimate of drug-likeness (QED) is 0.345. The number of Topliss-reactive ketones (excluding diaryl/α,β-unsaturated/α-hetero) is 1. The lowest BCUT2D eigenvalue weighted by molar-refractivity contribution is -0.384. The van der Waals surface area contributed by atoms with E-state index in [1.165, 1.54) is 12.1 Å². The maximum absolute atomic E-state index is 12.0. The summed E-state index contributed by atoms with van der Waals surface area (Å²) in [7, 11) is 0. The molecular formula is C15H12BrNO4. The smallest absolute Gasteiger partial charge is 0.269 e. The van der Waals surface area contributed by atoms with E-state index in [2.05, 4.69) is 15.9 Å². The zero-order chi connectivity index (χ0) is 15.2. The Hall–Kier alpha value is -2.05. The maximum atomic E-state index is 12.0. The van der Waals surface area contributed by atoms with Crippen LogP contribution in [-0.4, -0.2) is 15.7 Å². The third-order valence-corrected chi connectivity index (χ3v) is 3.49. The van der Waals surface area contributed by atoms with E-state index in [-0.39, 0.29) is 18.1 Å². The van der Waals surface area contributed by atoms with E-state index in [4.69, 9.17) is 4.74 Å². The van der Waals surface area contributed by atoms with Gasteiger partial charge in [-0.15, -0.1) is 0 Å². The maximum Gasteiger partial charge on any atom is 0.269 e. The van der Waals surface area contributed by atoms with Gasteiger partial charge in [0.1, 0.15) is 0 Å². The summed E-state index contributed by atoms with van der Waals surface area (Å²) in [5, 5.41) is 9.79. The van der Waals surface area contributed by atoms with Crippen LogP contribution in [0.4, 0.5) is 5.69 Å². The number of halogens is 1. The van der Waals surface area contributed by atoms with Crippen molar-refractivity contribution < 1.29 is 14.5 Å². The fourth-order valence-electron chi connectivity index (χ4n) is 1.69. The molecule has 2 aromatic rings. The number of carbonyl (C=O) groups excluding carboxylic acids is 1. The number of ether oxygens (including phenoxy) is 1. The van der Waals surface area contributed by atoms with E-state index < -0.39 is 9.94 Å². The second-order valence-corrected chi connectivity index (χ2v) is 5.11. The Kier molecular flexibility index (Phi) is 5.19. The molecule has 2 rings (SSSR count). The molecule has 0 fully saturated rings. The highest BCUT2D eigenvalue weighted by molar-refractivity contribution is 9.09. The number of alkyl halides is 1. The molecule has 0 amide bonds. The first-order chi connectivity index (χ1) is 10.1. The number of hydrogen-bond donors (Lipinski definition) is 0. The molecule has 21 heavy (non-hydrogen) atoms. The molecular weight excluding hydrogens is 338 g/mol. The Morgan fingerprint density at radius 3 is 2.33 bits per heavy atom. The van der Waals surface area contributed by atoms with Crippen molar-refractivity contribution in [1.29, 1.82) is 0 Å². The van der Waals surface area contributed by atoms with Crippen molar-refractivity contribution in [3.63, 3.8) is 0 Å². The summed E-state index contributed by atoms with van der Waals surface area (Å²) >= 11 is 3.20. The number of benzene rings is 2. The summed E-state index contributed by atoms with van der Waals surface area (Å²) in [6.07, 6.45) is 0. The second kappa shape index (κ2) is 7.10. The summed E-state index contributed by atoms with van der Waals surface area (Å²) in [6, 6.07) is 14.8. The first-order valence-corrected chi connectivity index (χ1v) is 7.08. The average Bonchev–Trinajstić information content (AvgIpc) is 2.53. The van der Waals surface area contributed by atoms with Crippen LogP contribution in [-0.2, 0) is 11.3 Å². The van der Waals surface area contributed by atoms with Crippen LogP contribution in [0.1, 0.15) is 15.9 Å². The Labute approximate surface area is 129 Å². The van der Waals surface area contributed by atoms with Crippen molar-refractivity contribution >= 4 is 27.4 Å². The van der Waals surface area contributed by atoms with E-state index in [1.807, 2.05) is 6.07 Å². The Morgan fingerprint density at radius 2 is 1.76 bits per heavy atom. The number of ketones is 1. The van der Waals surface area contributed by atoms with Gasteiger partial charge in [0.2, 0.25) is 5.78 Å². The van der Waals surface area contributed by atoms with Crippen LogP contribution < -0.4 is 0 Å². The standard InChI is InChI=1S/C15H12BrNO4/c16-15(14(18)12-4-2-1-3-5-12)21-10-11-6-8-13(9-7-11)17(19)20/h1-9,15H,10H2. The molecule has 0 aromatic heterocycles. The number of nitro groups is 1. The molecule has 108 valence electrons. The normalized spacial score (nSPS) is 11.9. The lowest BCUT2D eigenvalue weighted by Crippen LogP contribution is -2.17. The fourth-order valence-corrected chi connectivity index (χ4v) is 2.09. The van der Waals surface area contributed by atoms with Crippen LogP contribution in [0.25, 0.3) is 0 Å². The molecule has 0 aliphatic heterocycles. The summed E-state index contributed by atoms with van der Waals surface area (Å²) < 4.78 is 5.44. The van der Waals surface area contributed by atoms with Crippen molar-refractivity contribution in [3.05, 3.63) is 75.8 Å². The Bertz CT molecular complexity index is 628. The molecule has 5 nitrogen and oxygen atoms in total. The van der Waals surface area contributed by atoms with Crippen molar-refractivity contribution in [2.24, 2.45) is 0 Å². The van der Waals surface area contributed by atoms with Crippen LogP contribution in [0.3, 0.4) is 0 Å². The minimum Gasteiger partial charge on any atom is -0.354 e. The minimum atomic E-state index is -0.755. The van der Waals surface area contributed by atoms with Gasteiger partial charge in [-0.2, -0.15) is 0 Å².